The third-order valence-electron chi connectivity index (χ3n) is 7.17. The van der Waals surface area contributed by atoms with Gasteiger partial charge < -0.3 is 19.4 Å². The molecular weight excluding hydrogens is 397 g/mol. The van der Waals surface area contributed by atoms with Gasteiger partial charge in [-0.25, -0.2) is 9.18 Å². The molecule has 0 radical (unpaired) electrons. The van der Waals surface area contributed by atoms with E-state index in [0.29, 0.717) is 24.7 Å². The second-order valence-electron chi connectivity index (χ2n) is 9.16. The van der Waals surface area contributed by atoms with Gasteiger partial charge in [-0.2, -0.15) is 0 Å². The lowest BCUT2D eigenvalue weighted by molar-refractivity contribution is -0.117. The minimum absolute atomic E-state index is 0.00185. The van der Waals surface area contributed by atoms with Gasteiger partial charge in [-0.05, 0) is 69.2 Å². The van der Waals surface area contributed by atoms with Crippen LogP contribution in [0.25, 0.3) is 0 Å². The fourth-order valence-corrected chi connectivity index (χ4v) is 5.77. The zero-order valence-electron chi connectivity index (χ0n) is 18.6. The van der Waals surface area contributed by atoms with E-state index >= 15 is 0 Å². The highest BCUT2D eigenvalue weighted by molar-refractivity contribution is 5.92. The molecule has 1 aromatic rings. The summed E-state index contributed by atoms with van der Waals surface area (Å²) in [5.41, 5.74) is 0.768. The third kappa shape index (κ3) is 4.71. The molecule has 3 saturated heterocycles. The number of fused-ring (bicyclic) bond motifs is 2. The first-order chi connectivity index (χ1) is 15.0. The van der Waals surface area contributed by atoms with Gasteiger partial charge in [-0.3, -0.25) is 4.79 Å². The highest BCUT2D eigenvalue weighted by atomic mass is 19.1. The molecule has 2 atom stereocenters. The second kappa shape index (κ2) is 9.55. The van der Waals surface area contributed by atoms with Gasteiger partial charge in [0.15, 0.2) is 0 Å². The predicted molar refractivity (Wildman–Crippen MR) is 117 cm³/mol. The number of carbonyl (C=O) groups excluding carboxylic acids is 2. The zero-order valence-corrected chi connectivity index (χ0v) is 18.6. The van der Waals surface area contributed by atoms with E-state index in [2.05, 4.69) is 4.90 Å². The van der Waals surface area contributed by atoms with Crippen LogP contribution < -0.4 is 4.90 Å². The summed E-state index contributed by atoms with van der Waals surface area (Å²) < 4.78 is 18.7. The predicted octanol–water partition coefficient (Wildman–Crippen LogP) is 4.19. The molecule has 4 rings (SSSR count). The van der Waals surface area contributed by atoms with Crippen LogP contribution in [-0.2, 0) is 9.53 Å². The lowest BCUT2D eigenvalue weighted by atomic mass is 9.93. The summed E-state index contributed by atoms with van der Waals surface area (Å²) in [4.78, 5) is 31.2. The van der Waals surface area contributed by atoms with Gasteiger partial charge in [0.1, 0.15) is 5.82 Å². The van der Waals surface area contributed by atoms with Crippen LogP contribution in [0.5, 0.6) is 0 Å². The summed E-state index contributed by atoms with van der Waals surface area (Å²) in [6.07, 6.45) is 6.69. The summed E-state index contributed by atoms with van der Waals surface area (Å²) in [6, 6.07) is 7.41. The van der Waals surface area contributed by atoms with E-state index < -0.39 is 0 Å². The van der Waals surface area contributed by atoms with Crippen molar-refractivity contribution in [2.24, 2.45) is 0 Å². The van der Waals surface area contributed by atoms with E-state index in [1.807, 2.05) is 16.7 Å². The lowest BCUT2D eigenvalue weighted by Gasteiger charge is -2.46. The minimum Gasteiger partial charge on any atom is -0.449 e. The molecule has 3 aliphatic rings. The Labute approximate surface area is 184 Å². The largest absolute Gasteiger partial charge is 0.449 e. The Morgan fingerprint density at radius 1 is 1.03 bits per heavy atom. The summed E-state index contributed by atoms with van der Waals surface area (Å²) >= 11 is 0. The molecular formula is C24H34FN3O3. The van der Waals surface area contributed by atoms with Crippen LogP contribution in [0.4, 0.5) is 14.9 Å². The number of halogens is 1. The standard InChI is InChI=1S/C24H34FN3O3/c1-3-14-31-24(30)28-21-8-9-22(28)16-23(15-21)26-12-10-20(11-13-26)27(17(2)29)19-6-4-18(25)5-7-19/h4-7,20-23H,3,8-16H2,1-2H3. The van der Waals surface area contributed by atoms with Crippen molar-refractivity contribution in [1.29, 1.82) is 0 Å². The first-order valence-electron chi connectivity index (χ1n) is 11.7. The van der Waals surface area contributed by atoms with Crippen molar-refractivity contribution in [1.82, 2.24) is 9.80 Å². The van der Waals surface area contributed by atoms with Crippen molar-refractivity contribution in [3.8, 4) is 0 Å². The maximum Gasteiger partial charge on any atom is 0.410 e. The summed E-state index contributed by atoms with van der Waals surface area (Å²) in [7, 11) is 0. The summed E-state index contributed by atoms with van der Waals surface area (Å²) in [5.74, 6) is -0.288. The lowest BCUT2D eigenvalue weighted by Crippen LogP contribution is -2.55. The Hall–Kier alpha value is -2.15. The summed E-state index contributed by atoms with van der Waals surface area (Å²) in [6.45, 7) is 5.98. The number of piperidine rings is 2. The van der Waals surface area contributed by atoms with E-state index in [-0.39, 0.29) is 23.9 Å². The zero-order chi connectivity index (χ0) is 22.0. The van der Waals surface area contributed by atoms with E-state index in [1.165, 1.54) is 12.1 Å². The first-order valence-corrected chi connectivity index (χ1v) is 11.7. The number of carbonyl (C=O) groups is 2. The van der Waals surface area contributed by atoms with Gasteiger partial charge in [0.2, 0.25) is 5.91 Å². The fourth-order valence-electron chi connectivity index (χ4n) is 5.77. The molecule has 2 amide bonds. The molecule has 6 nitrogen and oxygen atoms in total. The van der Waals surface area contributed by atoms with Gasteiger partial charge in [0.25, 0.3) is 0 Å². The number of anilines is 1. The number of hydrogen-bond acceptors (Lipinski definition) is 4. The van der Waals surface area contributed by atoms with Gasteiger partial charge in [-0.1, -0.05) is 6.92 Å². The number of amides is 2. The maximum absolute atomic E-state index is 13.3. The Morgan fingerprint density at radius 3 is 2.19 bits per heavy atom. The highest BCUT2D eigenvalue weighted by Crippen LogP contribution is 2.39. The Morgan fingerprint density at radius 2 is 1.65 bits per heavy atom. The van der Waals surface area contributed by atoms with Crippen LogP contribution in [0.2, 0.25) is 0 Å². The van der Waals surface area contributed by atoms with Crippen molar-refractivity contribution < 1.29 is 18.7 Å². The van der Waals surface area contributed by atoms with Crippen LogP contribution in [-0.4, -0.2) is 65.7 Å². The first kappa shape index (κ1) is 22.1. The van der Waals surface area contributed by atoms with Crippen molar-refractivity contribution in [3.63, 3.8) is 0 Å². The fraction of sp³-hybridized carbons (Fsp3) is 0.667. The molecule has 0 aliphatic carbocycles. The van der Waals surface area contributed by atoms with Crippen LogP contribution in [0, 0.1) is 5.82 Å². The van der Waals surface area contributed by atoms with E-state index in [4.69, 9.17) is 4.74 Å². The number of hydrogen-bond donors (Lipinski definition) is 0. The molecule has 2 unspecified atom stereocenters. The van der Waals surface area contributed by atoms with Crippen LogP contribution in [0.15, 0.2) is 24.3 Å². The number of likely N-dealkylation sites (tertiary alicyclic amines) is 1. The Balaban J connectivity index is 1.34. The van der Waals surface area contributed by atoms with Gasteiger partial charge in [0, 0.05) is 49.9 Å². The average Bonchev–Trinajstić information content (AvgIpc) is 3.03. The van der Waals surface area contributed by atoms with E-state index in [0.717, 1.165) is 63.7 Å². The molecule has 0 spiro atoms. The molecule has 3 fully saturated rings. The van der Waals surface area contributed by atoms with Crippen molar-refractivity contribution in [2.75, 3.05) is 24.6 Å². The van der Waals surface area contributed by atoms with Crippen molar-refractivity contribution >= 4 is 17.7 Å². The summed E-state index contributed by atoms with van der Waals surface area (Å²) in [5, 5.41) is 0. The number of nitrogens with zero attached hydrogens (tertiary/aromatic N) is 3. The van der Waals surface area contributed by atoms with Crippen molar-refractivity contribution in [2.45, 2.75) is 83.0 Å². The molecule has 1 aromatic carbocycles. The molecule has 3 heterocycles. The topological polar surface area (TPSA) is 53.1 Å². The van der Waals surface area contributed by atoms with Crippen LogP contribution in [0.1, 0.15) is 58.8 Å². The molecule has 0 aromatic heterocycles. The maximum atomic E-state index is 13.3. The average molecular weight is 432 g/mol. The van der Waals surface area contributed by atoms with E-state index in [1.54, 1.807) is 19.1 Å². The number of rotatable bonds is 5. The molecule has 31 heavy (non-hydrogen) atoms. The third-order valence-corrected chi connectivity index (χ3v) is 7.17. The number of ether oxygens (including phenoxy) is 1. The SMILES string of the molecule is CCCOC(=O)N1C2CCC1CC(N1CCC(N(C(C)=O)c3ccc(F)cc3)CC1)C2. The number of benzene rings is 1. The molecule has 0 saturated carbocycles. The molecule has 3 aliphatic heterocycles. The highest BCUT2D eigenvalue weighted by Gasteiger charge is 2.46. The Kier molecular flexibility index (Phi) is 6.80. The van der Waals surface area contributed by atoms with E-state index in [9.17, 15) is 14.0 Å². The molecule has 2 bridgehead atoms. The van der Waals surface area contributed by atoms with Gasteiger partial charge in [-0.15, -0.1) is 0 Å². The van der Waals surface area contributed by atoms with Crippen LogP contribution >= 0.6 is 0 Å². The normalized spacial score (nSPS) is 26.7. The van der Waals surface area contributed by atoms with Crippen LogP contribution in [0.3, 0.4) is 0 Å². The molecule has 7 heteroatoms. The van der Waals surface area contributed by atoms with Gasteiger partial charge >= 0.3 is 6.09 Å². The van der Waals surface area contributed by atoms with Gasteiger partial charge in [0.05, 0.1) is 6.61 Å². The van der Waals surface area contributed by atoms with Crippen molar-refractivity contribution in [3.05, 3.63) is 30.1 Å². The quantitative estimate of drug-likeness (QED) is 0.702. The monoisotopic (exact) mass is 431 g/mol. The second-order valence-corrected chi connectivity index (χ2v) is 9.16. The molecule has 0 N–H and O–H groups in total. The Bertz CT molecular complexity index is 765. The molecule has 170 valence electrons. The minimum atomic E-state index is -0.290. The smallest absolute Gasteiger partial charge is 0.410 e.